The molecule has 0 heterocycles. The van der Waals surface area contributed by atoms with E-state index in [4.69, 9.17) is 5.73 Å². The molecular weight excluding hydrogens is 389 g/mol. The Morgan fingerprint density at radius 3 is 2.21 bits per heavy atom. The zero-order chi connectivity index (χ0) is 21.7. The second-order valence-electron chi connectivity index (χ2n) is 6.45. The van der Waals surface area contributed by atoms with Crippen molar-refractivity contribution in [1.29, 1.82) is 0 Å². The topological polar surface area (TPSA) is 106 Å². The number of carbonyl (C=O) groups excluding carboxylic acids is 3. The van der Waals surface area contributed by atoms with Crippen LogP contribution >= 0.6 is 0 Å². The summed E-state index contributed by atoms with van der Waals surface area (Å²) in [6, 6.07) is 6.88. The van der Waals surface area contributed by atoms with E-state index < -0.39 is 46.9 Å². The summed E-state index contributed by atoms with van der Waals surface area (Å²) in [4.78, 5) is 35.9. The number of amides is 3. The zero-order valence-corrected chi connectivity index (χ0v) is 15.7. The number of primary amides is 1. The Morgan fingerprint density at radius 2 is 1.62 bits per heavy atom. The van der Waals surface area contributed by atoms with E-state index in [9.17, 15) is 27.6 Å². The third-order valence-electron chi connectivity index (χ3n) is 4.32. The molecule has 0 aliphatic carbocycles. The van der Waals surface area contributed by atoms with Crippen molar-refractivity contribution in [3.63, 3.8) is 0 Å². The number of likely N-dealkylation sites (N-methyl/N-ethyl adjacent to an activating group) is 1. The van der Waals surface area contributed by atoms with Crippen molar-refractivity contribution in [3.8, 4) is 0 Å². The second-order valence-corrected chi connectivity index (χ2v) is 6.45. The number of benzene rings is 2. The predicted octanol–water partition coefficient (Wildman–Crippen LogP) is 0.683. The highest BCUT2D eigenvalue weighted by molar-refractivity contribution is 5.96. The Kier molecular flexibility index (Phi) is 6.94. The highest BCUT2D eigenvalue weighted by Gasteiger charge is 2.25. The van der Waals surface area contributed by atoms with Gasteiger partial charge in [0.2, 0.25) is 5.91 Å². The summed E-state index contributed by atoms with van der Waals surface area (Å²) in [5.74, 6) is -6.22. The molecule has 0 saturated heterocycles. The van der Waals surface area contributed by atoms with E-state index in [0.717, 1.165) is 6.07 Å². The predicted molar refractivity (Wildman–Crippen MR) is 99.8 cm³/mol. The number of halogens is 3. The molecule has 0 aliphatic rings. The van der Waals surface area contributed by atoms with Crippen LogP contribution in [0.4, 0.5) is 24.5 Å². The van der Waals surface area contributed by atoms with Crippen LogP contribution in [0, 0.1) is 17.5 Å². The van der Waals surface area contributed by atoms with Crippen LogP contribution in [-0.2, 0) is 9.59 Å². The molecule has 0 saturated carbocycles. The molecule has 2 rings (SSSR count). The van der Waals surface area contributed by atoms with Gasteiger partial charge in [0.05, 0.1) is 12.7 Å². The number of rotatable bonds is 7. The summed E-state index contributed by atoms with van der Waals surface area (Å²) < 4.78 is 39.8. The van der Waals surface area contributed by atoms with Crippen LogP contribution in [-0.4, -0.2) is 37.4 Å². The Labute approximate surface area is 164 Å². The number of hydrogen-bond acceptors (Lipinski definition) is 3. The fourth-order valence-electron chi connectivity index (χ4n) is 2.42. The average Bonchev–Trinajstić information content (AvgIpc) is 2.68. The van der Waals surface area contributed by atoms with Crippen molar-refractivity contribution in [3.05, 3.63) is 59.4 Å². The standard InChI is InChI=1S/C19H19F3N4O3/c1-10(19(29)24-12-5-3-11(4-6-12)18(23)28)26(2)9-15(27)25-14-8-7-13(20)16(21)17(14)22/h3-8,10H,9H2,1-2H3,(H2,23,28)(H,24,29)(H,25,27)/p+1/t10-/m1/s1. The fraction of sp³-hybridized carbons (Fsp3) is 0.211. The first kappa shape index (κ1) is 21.9. The average molecular weight is 409 g/mol. The number of quaternary nitrogens is 1. The highest BCUT2D eigenvalue weighted by atomic mass is 19.2. The third-order valence-corrected chi connectivity index (χ3v) is 4.32. The summed E-state index contributed by atoms with van der Waals surface area (Å²) in [7, 11) is 1.57. The van der Waals surface area contributed by atoms with Gasteiger partial charge in [-0.1, -0.05) is 0 Å². The number of carbonyl (C=O) groups is 3. The minimum absolute atomic E-state index is 0.229. The van der Waals surface area contributed by atoms with Crippen molar-refractivity contribution in [1.82, 2.24) is 0 Å². The lowest BCUT2D eigenvalue weighted by atomic mass is 10.2. The van der Waals surface area contributed by atoms with Gasteiger partial charge in [-0.2, -0.15) is 0 Å². The highest BCUT2D eigenvalue weighted by Crippen LogP contribution is 2.19. The summed E-state index contributed by atoms with van der Waals surface area (Å²) in [5.41, 5.74) is 5.39. The van der Waals surface area contributed by atoms with Crippen LogP contribution in [0.15, 0.2) is 36.4 Å². The van der Waals surface area contributed by atoms with Crippen molar-refractivity contribution in [2.24, 2.45) is 5.73 Å². The maximum Gasteiger partial charge on any atom is 0.282 e. The monoisotopic (exact) mass is 409 g/mol. The minimum atomic E-state index is -1.68. The van der Waals surface area contributed by atoms with Gasteiger partial charge >= 0.3 is 0 Å². The van der Waals surface area contributed by atoms with Gasteiger partial charge in [-0.3, -0.25) is 14.4 Å². The minimum Gasteiger partial charge on any atom is -0.366 e. The Morgan fingerprint density at radius 1 is 1.00 bits per heavy atom. The second kappa shape index (κ2) is 9.20. The Balaban J connectivity index is 1.94. The first-order chi connectivity index (χ1) is 13.6. The molecule has 7 nitrogen and oxygen atoms in total. The van der Waals surface area contributed by atoms with E-state index in [0.29, 0.717) is 22.2 Å². The van der Waals surface area contributed by atoms with Crippen LogP contribution in [0.2, 0.25) is 0 Å². The summed E-state index contributed by atoms with van der Waals surface area (Å²) in [6.07, 6.45) is 0. The Bertz CT molecular complexity index is 935. The van der Waals surface area contributed by atoms with E-state index in [1.165, 1.54) is 24.3 Å². The molecule has 2 aromatic rings. The molecule has 0 radical (unpaired) electrons. The molecule has 29 heavy (non-hydrogen) atoms. The first-order valence-corrected chi connectivity index (χ1v) is 8.56. The fourth-order valence-corrected chi connectivity index (χ4v) is 2.42. The molecule has 0 aromatic heterocycles. The number of anilines is 2. The van der Waals surface area contributed by atoms with Gasteiger partial charge in [0, 0.05) is 11.3 Å². The third kappa shape index (κ3) is 5.55. The van der Waals surface area contributed by atoms with E-state index in [2.05, 4.69) is 10.6 Å². The van der Waals surface area contributed by atoms with Gasteiger partial charge in [-0.15, -0.1) is 0 Å². The summed E-state index contributed by atoms with van der Waals surface area (Å²) in [6.45, 7) is 1.35. The van der Waals surface area contributed by atoms with Gasteiger partial charge in [0.15, 0.2) is 30.0 Å². The molecule has 0 fully saturated rings. The molecule has 0 spiro atoms. The van der Waals surface area contributed by atoms with Crippen LogP contribution in [0.5, 0.6) is 0 Å². The number of nitrogens with one attached hydrogen (secondary N) is 3. The summed E-state index contributed by atoms with van der Waals surface area (Å²) in [5, 5.41) is 4.79. The maximum atomic E-state index is 13.6. The van der Waals surface area contributed by atoms with Crippen LogP contribution in [0.3, 0.4) is 0 Å². The molecular formula is C19H20F3N4O3+. The van der Waals surface area contributed by atoms with Gasteiger partial charge in [-0.05, 0) is 43.3 Å². The lowest BCUT2D eigenvalue weighted by molar-refractivity contribution is -0.885. The zero-order valence-electron chi connectivity index (χ0n) is 15.7. The van der Waals surface area contributed by atoms with E-state index in [1.807, 2.05) is 0 Å². The number of nitrogens with two attached hydrogens (primary N) is 1. The largest absolute Gasteiger partial charge is 0.366 e. The normalized spacial score (nSPS) is 12.7. The van der Waals surface area contributed by atoms with Crippen molar-refractivity contribution in [2.45, 2.75) is 13.0 Å². The van der Waals surface area contributed by atoms with Gasteiger partial charge in [0.1, 0.15) is 0 Å². The molecule has 2 atom stereocenters. The van der Waals surface area contributed by atoms with E-state index in [1.54, 1.807) is 14.0 Å². The van der Waals surface area contributed by atoms with Crippen molar-refractivity contribution >= 4 is 29.1 Å². The molecule has 154 valence electrons. The Hall–Kier alpha value is -3.40. The molecule has 5 N–H and O–H groups in total. The van der Waals surface area contributed by atoms with Crippen LogP contribution < -0.4 is 21.3 Å². The quantitative estimate of drug-likeness (QED) is 0.506. The van der Waals surface area contributed by atoms with E-state index in [-0.39, 0.29) is 6.54 Å². The van der Waals surface area contributed by atoms with Gasteiger partial charge < -0.3 is 21.3 Å². The maximum absolute atomic E-state index is 13.6. The first-order valence-electron chi connectivity index (χ1n) is 8.56. The van der Waals surface area contributed by atoms with Gasteiger partial charge in [-0.25, -0.2) is 13.2 Å². The lowest BCUT2D eigenvalue weighted by Gasteiger charge is -2.20. The van der Waals surface area contributed by atoms with Gasteiger partial charge in [0.25, 0.3) is 11.8 Å². The molecule has 2 aromatic carbocycles. The lowest BCUT2D eigenvalue weighted by Crippen LogP contribution is -3.14. The molecule has 0 aliphatic heterocycles. The van der Waals surface area contributed by atoms with Crippen molar-refractivity contribution in [2.75, 3.05) is 24.2 Å². The van der Waals surface area contributed by atoms with Crippen LogP contribution in [0.1, 0.15) is 17.3 Å². The van der Waals surface area contributed by atoms with Crippen LogP contribution in [0.25, 0.3) is 0 Å². The van der Waals surface area contributed by atoms with E-state index >= 15 is 0 Å². The molecule has 0 bridgehead atoms. The molecule has 10 heteroatoms. The molecule has 1 unspecified atom stereocenters. The molecule has 3 amide bonds. The number of hydrogen-bond donors (Lipinski definition) is 4. The SMILES string of the molecule is C[C@H](C(=O)Nc1ccc(C(N)=O)cc1)[NH+](C)CC(=O)Nc1ccc(F)c(F)c1F. The smallest absolute Gasteiger partial charge is 0.282 e. The van der Waals surface area contributed by atoms with Crippen molar-refractivity contribution < 1.29 is 32.5 Å². The summed E-state index contributed by atoms with van der Waals surface area (Å²) >= 11 is 0.